The summed E-state index contributed by atoms with van der Waals surface area (Å²) in [6, 6.07) is 14.2. The van der Waals surface area contributed by atoms with Crippen LogP contribution >= 0.6 is 0 Å². The van der Waals surface area contributed by atoms with Crippen molar-refractivity contribution < 1.29 is 14.3 Å². The Labute approximate surface area is 193 Å². The Kier molecular flexibility index (Phi) is 6.77. The third-order valence-electron chi connectivity index (χ3n) is 5.32. The van der Waals surface area contributed by atoms with Gasteiger partial charge in [0.1, 0.15) is 29.0 Å². The minimum absolute atomic E-state index is 0.385. The summed E-state index contributed by atoms with van der Waals surface area (Å²) < 4.78 is 10.5. The van der Waals surface area contributed by atoms with Gasteiger partial charge in [-0.15, -0.1) is 0 Å². The summed E-state index contributed by atoms with van der Waals surface area (Å²) in [5.74, 6) is 3.58. The number of aryl methyl sites for hydroxylation is 1. The molecular weight excluding hydrogens is 420 g/mol. The predicted octanol–water partition coefficient (Wildman–Crippen LogP) is 4.79. The molecule has 3 aromatic rings. The molecule has 0 bridgehead atoms. The van der Waals surface area contributed by atoms with E-state index in [-0.39, 0.29) is 6.03 Å². The highest BCUT2D eigenvalue weighted by atomic mass is 16.5. The average molecular weight is 449 g/mol. The molecule has 2 amide bonds. The van der Waals surface area contributed by atoms with Crippen molar-refractivity contribution in [1.29, 1.82) is 0 Å². The van der Waals surface area contributed by atoms with Crippen molar-refractivity contribution in [3.05, 3.63) is 54.4 Å². The molecule has 1 aliphatic heterocycles. The van der Waals surface area contributed by atoms with E-state index in [0.29, 0.717) is 22.9 Å². The normalized spacial score (nSPS) is 12.9. The summed E-state index contributed by atoms with van der Waals surface area (Å²) in [7, 11) is 3.11. The number of methoxy groups -OCH3 is 2. The second-order valence-electron chi connectivity index (χ2n) is 7.70. The number of aromatic nitrogens is 2. The highest BCUT2D eigenvalue weighted by Gasteiger charge is 2.15. The molecule has 9 heteroatoms. The van der Waals surface area contributed by atoms with Crippen molar-refractivity contribution in [2.24, 2.45) is 0 Å². The molecule has 1 fully saturated rings. The number of carbonyl (C=O) groups is 1. The van der Waals surface area contributed by atoms with Gasteiger partial charge < -0.3 is 30.3 Å². The van der Waals surface area contributed by atoms with E-state index in [2.05, 4.69) is 30.8 Å². The smallest absolute Gasteiger partial charge is 0.323 e. The van der Waals surface area contributed by atoms with Crippen molar-refractivity contribution in [3.63, 3.8) is 0 Å². The van der Waals surface area contributed by atoms with Gasteiger partial charge in [-0.2, -0.15) is 0 Å². The van der Waals surface area contributed by atoms with Crippen molar-refractivity contribution in [2.45, 2.75) is 19.8 Å². The molecule has 0 atom stereocenters. The summed E-state index contributed by atoms with van der Waals surface area (Å²) in [5.41, 5.74) is 2.03. The molecule has 172 valence electrons. The number of anilines is 5. The maximum atomic E-state index is 12.5. The second-order valence-corrected chi connectivity index (χ2v) is 7.70. The maximum absolute atomic E-state index is 12.5. The monoisotopic (exact) mass is 448 g/mol. The highest BCUT2D eigenvalue weighted by molar-refractivity contribution is 6.00. The summed E-state index contributed by atoms with van der Waals surface area (Å²) >= 11 is 0. The molecule has 1 aliphatic rings. The lowest BCUT2D eigenvalue weighted by atomic mass is 10.2. The highest BCUT2D eigenvalue weighted by Crippen LogP contribution is 2.29. The van der Waals surface area contributed by atoms with Crippen LogP contribution in [0.2, 0.25) is 0 Å². The second kappa shape index (κ2) is 10.1. The molecule has 9 nitrogen and oxygen atoms in total. The Morgan fingerprint density at radius 1 is 0.909 bits per heavy atom. The van der Waals surface area contributed by atoms with Gasteiger partial charge in [-0.25, -0.2) is 14.8 Å². The van der Waals surface area contributed by atoms with Crippen LogP contribution in [0.15, 0.2) is 48.5 Å². The van der Waals surface area contributed by atoms with E-state index < -0.39 is 0 Å². The van der Waals surface area contributed by atoms with E-state index >= 15 is 0 Å². The van der Waals surface area contributed by atoms with E-state index in [1.54, 1.807) is 32.4 Å². The number of amides is 2. The van der Waals surface area contributed by atoms with Gasteiger partial charge in [0.15, 0.2) is 0 Å². The van der Waals surface area contributed by atoms with E-state index in [0.717, 1.165) is 36.2 Å². The molecule has 3 N–H and O–H groups in total. The molecule has 2 heterocycles. The van der Waals surface area contributed by atoms with Gasteiger partial charge >= 0.3 is 6.03 Å². The first kappa shape index (κ1) is 22.2. The zero-order valence-corrected chi connectivity index (χ0v) is 19.0. The van der Waals surface area contributed by atoms with Crippen LogP contribution < -0.4 is 30.3 Å². The Hall–Kier alpha value is -4.01. The van der Waals surface area contributed by atoms with E-state index in [1.807, 2.05) is 37.3 Å². The zero-order valence-electron chi connectivity index (χ0n) is 19.0. The van der Waals surface area contributed by atoms with Gasteiger partial charge in [0.05, 0.1) is 19.9 Å². The van der Waals surface area contributed by atoms with Gasteiger partial charge in [-0.05, 0) is 56.2 Å². The summed E-state index contributed by atoms with van der Waals surface area (Å²) in [6.45, 7) is 3.95. The molecular formula is C24H28N6O3. The molecule has 33 heavy (non-hydrogen) atoms. The van der Waals surface area contributed by atoms with E-state index in [4.69, 9.17) is 9.47 Å². The van der Waals surface area contributed by atoms with Crippen LogP contribution in [0, 0.1) is 6.92 Å². The van der Waals surface area contributed by atoms with Crippen molar-refractivity contribution >= 4 is 34.7 Å². The number of rotatable bonds is 7. The van der Waals surface area contributed by atoms with E-state index in [1.165, 1.54) is 12.8 Å². The minimum Gasteiger partial charge on any atom is -0.497 e. The van der Waals surface area contributed by atoms with Crippen molar-refractivity contribution in [2.75, 3.05) is 48.2 Å². The summed E-state index contributed by atoms with van der Waals surface area (Å²) in [5, 5.41) is 8.93. The number of urea groups is 1. The molecule has 1 aromatic heterocycles. The van der Waals surface area contributed by atoms with Gasteiger partial charge in [0.25, 0.3) is 0 Å². The third-order valence-corrected chi connectivity index (χ3v) is 5.32. The number of hydrogen-bond acceptors (Lipinski definition) is 7. The Bertz CT molecular complexity index is 1110. The number of carbonyl (C=O) groups excluding carboxylic acids is 1. The summed E-state index contributed by atoms with van der Waals surface area (Å²) in [4.78, 5) is 23.8. The largest absolute Gasteiger partial charge is 0.497 e. The van der Waals surface area contributed by atoms with Gasteiger partial charge in [0.2, 0.25) is 0 Å². The standard InChI is InChI=1S/C24H28N6O3/c1-16-25-22(15-23(26-16)30-12-4-5-13-30)27-17-6-8-18(9-7-17)28-24(31)29-20-14-19(32-2)10-11-21(20)33-3/h6-11,14-15H,4-5,12-13H2,1-3H3,(H,25,26,27)(H2,28,29,31). The number of hydrogen-bond donors (Lipinski definition) is 3. The number of benzene rings is 2. The van der Waals surface area contributed by atoms with E-state index in [9.17, 15) is 4.79 Å². The Morgan fingerprint density at radius 3 is 2.33 bits per heavy atom. The lowest BCUT2D eigenvalue weighted by Gasteiger charge is -2.18. The zero-order chi connectivity index (χ0) is 23.2. The minimum atomic E-state index is -0.385. The van der Waals surface area contributed by atoms with Gasteiger partial charge in [-0.1, -0.05) is 0 Å². The maximum Gasteiger partial charge on any atom is 0.323 e. The predicted molar refractivity (Wildman–Crippen MR) is 130 cm³/mol. The van der Waals surface area contributed by atoms with Gasteiger partial charge in [0, 0.05) is 36.6 Å². The lowest BCUT2D eigenvalue weighted by molar-refractivity contribution is 0.262. The first-order valence-electron chi connectivity index (χ1n) is 10.8. The fourth-order valence-corrected chi connectivity index (χ4v) is 3.71. The number of ether oxygens (including phenoxy) is 2. The fraction of sp³-hybridized carbons (Fsp3) is 0.292. The van der Waals surface area contributed by atoms with Crippen molar-refractivity contribution in [3.8, 4) is 11.5 Å². The Morgan fingerprint density at radius 2 is 1.64 bits per heavy atom. The fourth-order valence-electron chi connectivity index (χ4n) is 3.71. The molecule has 0 spiro atoms. The topological polar surface area (TPSA) is 101 Å². The molecule has 0 unspecified atom stereocenters. The Balaban J connectivity index is 1.39. The molecule has 1 saturated heterocycles. The van der Waals surface area contributed by atoms with Crippen LogP contribution in [0.4, 0.5) is 33.5 Å². The molecule has 0 radical (unpaired) electrons. The van der Waals surface area contributed by atoms with Crippen LogP contribution in [0.1, 0.15) is 18.7 Å². The van der Waals surface area contributed by atoms with Crippen LogP contribution in [-0.2, 0) is 0 Å². The van der Waals surface area contributed by atoms with Crippen molar-refractivity contribution in [1.82, 2.24) is 9.97 Å². The van der Waals surface area contributed by atoms with Crippen LogP contribution in [0.25, 0.3) is 0 Å². The van der Waals surface area contributed by atoms with Crippen LogP contribution in [-0.4, -0.2) is 43.3 Å². The van der Waals surface area contributed by atoms with Crippen LogP contribution in [0.5, 0.6) is 11.5 Å². The average Bonchev–Trinajstić information content (AvgIpc) is 3.35. The molecule has 2 aromatic carbocycles. The molecule has 4 rings (SSSR count). The number of nitrogens with zero attached hydrogens (tertiary/aromatic N) is 3. The quantitative estimate of drug-likeness (QED) is 0.478. The first-order valence-corrected chi connectivity index (χ1v) is 10.8. The SMILES string of the molecule is COc1ccc(OC)c(NC(=O)Nc2ccc(Nc3cc(N4CCCC4)nc(C)n3)cc2)c1. The molecule has 0 saturated carbocycles. The summed E-state index contributed by atoms with van der Waals surface area (Å²) in [6.07, 6.45) is 2.39. The van der Waals surface area contributed by atoms with Gasteiger partial charge in [-0.3, -0.25) is 0 Å². The first-order chi connectivity index (χ1) is 16.0. The third kappa shape index (κ3) is 5.62. The lowest BCUT2D eigenvalue weighted by Crippen LogP contribution is -2.20. The van der Waals surface area contributed by atoms with Crippen LogP contribution in [0.3, 0.4) is 0 Å². The number of nitrogens with one attached hydrogen (secondary N) is 3. The molecule has 0 aliphatic carbocycles.